The quantitative estimate of drug-likeness (QED) is 0.637. The van der Waals surface area contributed by atoms with Crippen molar-refractivity contribution >= 4 is 22.8 Å². The molecule has 0 radical (unpaired) electrons. The maximum atomic E-state index is 13.0. The lowest BCUT2D eigenvalue weighted by Gasteiger charge is -2.24. The lowest BCUT2D eigenvalue weighted by atomic mass is 10.1. The maximum absolute atomic E-state index is 13.0. The number of rotatable bonds is 6. The molecular formula is C24H26N4O4. The largest absolute Gasteiger partial charge is 0.494 e. The van der Waals surface area contributed by atoms with E-state index >= 15 is 0 Å². The first-order valence-electron chi connectivity index (χ1n) is 11.0. The number of nitrogens with one attached hydrogen (secondary N) is 1. The second kappa shape index (κ2) is 8.53. The first kappa shape index (κ1) is 20.4. The van der Waals surface area contributed by atoms with Gasteiger partial charge in [-0.3, -0.25) is 4.79 Å². The van der Waals surface area contributed by atoms with Gasteiger partial charge in [0.15, 0.2) is 11.5 Å². The van der Waals surface area contributed by atoms with Crippen LogP contribution in [0.3, 0.4) is 0 Å². The molecule has 1 amide bonds. The van der Waals surface area contributed by atoms with Crippen LogP contribution in [0.5, 0.6) is 17.2 Å². The Morgan fingerprint density at radius 2 is 2.06 bits per heavy atom. The molecule has 2 aliphatic rings. The highest BCUT2D eigenvalue weighted by atomic mass is 16.7. The Kier molecular flexibility index (Phi) is 5.43. The van der Waals surface area contributed by atoms with Gasteiger partial charge >= 0.3 is 0 Å². The molecule has 3 heterocycles. The number of carbonyl (C=O) groups is 1. The Hall–Kier alpha value is -3.55. The molecule has 3 aromatic rings. The van der Waals surface area contributed by atoms with Gasteiger partial charge < -0.3 is 24.4 Å². The third kappa shape index (κ3) is 3.88. The second-order valence-electron chi connectivity index (χ2n) is 7.98. The summed E-state index contributed by atoms with van der Waals surface area (Å²) in [5, 5.41) is 4.02. The highest BCUT2D eigenvalue weighted by Gasteiger charge is 2.32. The molecule has 8 nitrogen and oxygen atoms in total. The van der Waals surface area contributed by atoms with E-state index in [0.29, 0.717) is 24.8 Å². The first-order chi connectivity index (χ1) is 15.6. The average molecular weight is 434 g/mol. The van der Waals surface area contributed by atoms with Crippen molar-refractivity contribution in [3.63, 3.8) is 0 Å². The van der Waals surface area contributed by atoms with Crippen LogP contribution < -0.4 is 24.4 Å². The molecular weight excluding hydrogens is 408 g/mol. The van der Waals surface area contributed by atoms with Gasteiger partial charge in [-0.2, -0.15) is 0 Å². The third-order valence-electron chi connectivity index (χ3n) is 5.87. The van der Waals surface area contributed by atoms with Crippen molar-refractivity contribution < 1.29 is 19.0 Å². The van der Waals surface area contributed by atoms with E-state index in [0.717, 1.165) is 53.0 Å². The van der Waals surface area contributed by atoms with Crippen molar-refractivity contribution in [1.82, 2.24) is 15.3 Å². The van der Waals surface area contributed by atoms with Gasteiger partial charge in [-0.1, -0.05) is 6.07 Å². The number of hydrogen-bond acceptors (Lipinski definition) is 7. The van der Waals surface area contributed by atoms with Crippen LogP contribution in [0.25, 0.3) is 10.9 Å². The smallest absolute Gasteiger partial charge is 0.243 e. The van der Waals surface area contributed by atoms with E-state index in [2.05, 4.69) is 5.32 Å². The van der Waals surface area contributed by atoms with Crippen molar-refractivity contribution in [1.29, 1.82) is 0 Å². The van der Waals surface area contributed by atoms with Crippen molar-refractivity contribution in [3.8, 4) is 17.2 Å². The van der Waals surface area contributed by atoms with Crippen LogP contribution in [-0.4, -0.2) is 41.9 Å². The number of carbonyl (C=O) groups excluding carboxylic acids is 1. The lowest BCUT2D eigenvalue weighted by molar-refractivity contribution is -0.122. The molecule has 166 valence electrons. The van der Waals surface area contributed by atoms with Crippen LogP contribution in [0.15, 0.2) is 36.4 Å². The topological polar surface area (TPSA) is 85.8 Å². The Balaban J connectivity index is 1.32. The Labute approximate surface area is 186 Å². The maximum Gasteiger partial charge on any atom is 0.243 e. The predicted octanol–water partition coefficient (Wildman–Crippen LogP) is 3.35. The fourth-order valence-electron chi connectivity index (χ4n) is 4.27. The minimum Gasteiger partial charge on any atom is -0.494 e. The summed E-state index contributed by atoms with van der Waals surface area (Å²) in [7, 11) is 0. The van der Waals surface area contributed by atoms with Crippen LogP contribution in [0.1, 0.15) is 31.0 Å². The predicted molar refractivity (Wildman–Crippen MR) is 120 cm³/mol. The van der Waals surface area contributed by atoms with Crippen molar-refractivity contribution in [2.24, 2.45) is 0 Å². The third-order valence-corrected chi connectivity index (χ3v) is 5.87. The molecule has 0 bridgehead atoms. The summed E-state index contributed by atoms with van der Waals surface area (Å²) in [6.07, 6.45) is 1.70. The monoisotopic (exact) mass is 434 g/mol. The number of aromatic nitrogens is 2. The van der Waals surface area contributed by atoms with E-state index in [1.165, 1.54) is 0 Å². The molecule has 0 spiro atoms. The van der Waals surface area contributed by atoms with Gasteiger partial charge in [0.25, 0.3) is 0 Å². The number of anilines is 1. The Bertz CT molecular complexity index is 1170. The summed E-state index contributed by atoms with van der Waals surface area (Å²) >= 11 is 0. The van der Waals surface area contributed by atoms with Gasteiger partial charge in [-0.25, -0.2) is 9.97 Å². The molecule has 0 saturated carbocycles. The van der Waals surface area contributed by atoms with Crippen molar-refractivity contribution in [3.05, 3.63) is 47.7 Å². The minimum absolute atomic E-state index is 0.0202. The molecule has 1 saturated heterocycles. The average Bonchev–Trinajstić information content (AvgIpc) is 3.47. The van der Waals surface area contributed by atoms with Crippen LogP contribution in [0.4, 0.5) is 5.95 Å². The van der Waals surface area contributed by atoms with Gasteiger partial charge in [0.1, 0.15) is 11.8 Å². The van der Waals surface area contributed by atoms with E-state index in [9.17, 15) is 4.79 Å². The lowest BCUT2D eigenvalue weighted by Crippen LogP contribution is -2.43. The van der Waals surface area contributed by atoms with Gasteiger partial charge in [-0.15, -0.1) is 0 Å². The summed E-state index contributed by atoms with van der Waals surface area (Å²) in [6.45, 7) is 5.96. The second-order valence-corrected chi connectivity index (χ2v) is 7.98. The van der Waals surface area contributed by atoms with Crippen LogP contribution in [0, 0.1) is 6.92 Å². The number of nitrogens with zero attached hydrogens (tertiary/aromatic N) is 3. The van der Waals surface area contributed by atoms with Gasteiger partial charge in [-0.05, 0) is 62.6 Å². The first-order valence-corrected chi connectivity index (χ1v) is 11.0. The molecule has 2 aliphatic heterocycles. The number of benzene rings is 2. The van der Waals surface area contributed by atoms with Crippen LogP contribution in [-0.2, 0) is 11.3 Å². The van der Waals surface area contributed by atoms with Crippen LogP contribution in [0.2, 0.25) is 0 Å². The molecule has 0 aliphatic carbocycles. The SMILES string of the molecule is CCOc1ccc2nc(N3CCCC3C(=O)NCc3ccc4c(c3)OCO4)nc(C)c2c1. The number of amides is 1. The number of fused-ring (bicyclic) bond motifs is 2. The van der Waals surface area contributed by atoms with E-state index in [1.807, 2.05) is 55.1 Å². The van der Waals surface area contributed by atoms with Crippen molar-refractivity contribution in [2.75, 3.05) is 24.8 Å². The summed E-state index contributed by atoms with van der Waals surface area (Å²) < 4.78 is 16.4. The fraction of sp³-hybridized carbons (Fsp3) is 0.375. The summed E-state index contributed by atoms with van der Waals surface area (Å²) in [5.74, 6) is 2.83. The molecule has 1 atom stereocenters. The van der Waals surface area contributed by atoms with Gasteiger partial charge in [0.2, 0.25) is 18.6 Å². The molecule has 1 aromatic heterocycles. The van der Waals surface area contributed by atoms with Gasteiger partial charge in [0.05, 0.1) is 17.8 Å². The van der Waals surface area contributed by atoms with E-state index in [1.54, 1.807) is 0 Å². The van der Waals surface area contributed by atoms with Crippen molar-refractivity contribution in [2.45, 2.75) is 39.3 Å². The molecule has 1 fully saturated rings. The highest BCUT2D eigenvalue weighted by molar-refractivity contribution is 5.87. The standard InChI is InChI=1S/C24H26N4O4/c1-3-30-17-7-8-19-18(12-17)15(2)26-24(27-19)28-10-4-5-20(28)23(29)25-13-16-6-9-21-22(11-16)32-14-31-21/h6-9,11-12,20H,3-5,10,13-14H2,1-2H3,(H,25,29). The molecule has 1 unspecified atom stereocenters. The summed E-state index contributed by atoms with van der Waals surface area (Å²) in [6, 6.07) is 11.3. The highest BCUT2D eigenvalue weighted by Crippen LogP contribution is 2.32. The minimum atomic E-state index is -0.288. The van der Waals surface area contributed by atoms with E-state index in [4.69, 9.17) is 24.2 Å². The van der Waals surface area contributed by atoms with Gasteiger partial charge in [0, 0.05) is 18.5 Å². The Morgan fingerprint density at radius 3 is 2.94 bits per heavy atom. The normalized spacial score (nSPS) is 17.1. The zero-order valence-electron chi connectivity index (χ0n) is 18.3. The molecule has 32 heavy (non-hydrogen) atoms. The number of hydrogen-bond donors (Lipinski definition) is 1. The summed E-state index contributed by atoms with van der Waals surface area (Å²) in [4.78, 5) is 24.5. The number of aryl methyl sites for hydroxylation is 1. The number of ether oxygens (including phenoxy) is 3. The molecule has 2 aromatic carbocycles. The molecule has 1 N–H and O–H groups in total. The zero-order valence-corrected chi connectivity index (χ0v) is 18.3. The zero-order chi connectivity index (χ0) is 22.1. The fourth-order valence-corrected chi connectivity index (χ4v) is 4.27. The van der Waals surface area contributed by atoms with E-state index in [-0.39, 0.29) is 18.7 Å². The molecule has 5 rings (SSSR count). The van der Waals surface area contributed by atoms with E-state index < -0.39 is 0 Å². The van der Waals surface area contributed by atoms with Crippen LogP contribution >= 0.6 is 0 Å². The molecule has 8 heteroatoms. The Morgan fingerprint density at radius 1 is 1.19 bits per heavy atom. The summed E-state index contributed by atoms with van der Waals surface area (Å²) in [5.41, 5.74) is 2.69.